The van der Waals surface area contributed by atoms with E-state index in [2.05, 4.69) is 9.47 Å². The summed E-state index contributed by atoms with van der Waals surface area (Å²) in [6.07, 6.45) is -1.15. The van der Waals surface area contributed by atoms with E-state index in [9.17, 15) is 14.7 Å². The van der Waals surface area contributed by atoms with Gasteiger partial charge in [-0.1, -0.05) is 12.1 Å². The van der Waals surface area contributed by atoms with Crippen molar-refractivity contribution in [1.82, 2.24) is 0 Å². The lowest BCUT2D eigenvalue weighted by molar-refractivity contribution is -0.142. The third-order valence-electron chi connectivity index (χ3n) is 2.28. The zero-order chi connectivity index (χ0) is 12.8. The predicted octanol–water partition coefficient (Wildman–Crippen LogP) is 1.07. The molecule has 17 heavy (non-hydrogen) atoms. The Morgan fingerprint density at radius 3 is 2.59 bits per heavy atom. The highest BCUT2D eigenvalue weighted by Gasteiger charge is 2.15. The van der Waals surface area contributed by atoms with Crippen molar-refractivity contribution in [2.75, 3.05) is 14.2 Å². The summed E-state index contributed by atoms with van der Waals surface area (Å²) < 4.78 is 9.01. The quantitative estimate of drug-likeness (QED) is 0.794. The molecule has 1 aromatic rings. The SMILES string of the molecule is COC(=O)CC(O)c1cccc(C(=O)OC)c1. The Hall–Kier alpha value is -1.88. The Morgan fingerprint density at radius 1 is 1.29 bits per heavy atom. The molecule has 0 saturated carbocycles. The van der Waals surface area contributed by atoms with E-state index in [1.807, 2.05) is 0 Å². The molecule has 0 radical (unpaired) electrons. The van der Waals surface area contributed by atoms with Crippen LogP contribution in [0.25, 0.3) is 0 Å². The van der Waals surface area contributed by atoms with Gasteiger partial charge in [0, 0.05) is 0 Å². The average molecular weight is 238 g/mol. The minimum Gasteiger partial charge on any atom is -0.469 e. The molecule has 0 bridgehead atoms. The number of carbonyl (C=O) groups is 2. The Labute approximate surface area is 99.0 Å². The Bertz CT molecular complexity index is 413. The summed E-state index contributed by atoms with van der Waals surface area (Å²) in [5.74, 6) is -1.00. The molecule has 0 aliphatic rings. The molecule has 0 saturated heterocycles. The van der Waals surface area contributed by atoms with Gasteiger partial charge in [0.15, 0.2) is 0 Å². The maximum Gasteiger partial charge on any atom is 0.337 e. The van der Waals surface area contributed by atoms with Crippen LogP contribution in [0.2, 0.25) is 0 Å². The molecular weight excluding hydrogens is 224 g/mol. The predicted molar refractivity (Wildman–Crippen MR) is 59.4 cm³/mol. The number of aliphatic hydroxyl groups excluding tert-OH is 1. The van der Waals surface area contributed by atoms with E-state index in [0.717, 1.165) is 0 Å². The summed E-state index contributed by atoms with van der Waals surface area (Å²) >= 11 is 0. The van der Waals surface area contributed by atoms with Crippen molar-refractivity contribution in [2.45, 2.75) is 12.5 Å². The molecule has 0 aliphatic carbocycles. The first-order valence-corrected chi connectivity index (χ1v) is 5.01. The van der Waals surface area contributed by atoms with Crippen molar-refractivity contribution >= 4 is 11.9 Å². The Morgan fingerprint density at radius 2 is 2.00 bits per heavy atom. The minimum atomic E-state index is -0.993. The molecular formula is C12H14O5. The molecule has 1 aromatic carbocycles. The van der Waals surface area contributed by atoms with Crippen molar-refractivity contribution in [3.8, 4) is 0 Å². The Balaban J connectivity index is 2.84. The van der Waals surface area contributed by atoms with Crippen LogP contribution in [0.1, 0.15) is 28.4 Å². The van der Waals surface area contributed by atoms with E-state index < -0.39 is 18.0 Å². The van der Waals surface area contributed by atoms with Gasteiger partial charge in [-0.15, -0.1) is 0 Å². The van der Waals surface area contributed by atoms with Crippen LogP contribution in [0.3, 0.4) is 0 Å². The monoisotopic (exact) mass is 238 g/mol. The molecule has 0 fully saturated rings. The molecule has 5 nitrogen and oxygen atoms in total. The summed E-state index contributed by atoms with van der Waals surface area (Å²) in [7, 11) is 2.53. The van der Waals surface area contributed by atoms with Crippen LogP contribution in [0, 0.1) is 0 Å². The third-order valence-corrected chi connectivity index (χ3v) is 2.28. The molecule has 0 aliphatic heterocycles. The number of methoxy groups -OCH3 is 2. The summed E-state index contributed by atoms with van der Waals surface area (Å²) in [4.78, 5) is 22.3. The van der Waals surface area contributed by atoms with Crippen molar-refractivity contribution < 1.29 is 24.2 Å². The molecule has 5 heteroatoms. The van der Waals surface area contributed by atoms with E-state index in [4.69, 9.17) is 0 Å². The number of hydrogen-bond donors (Lipinski definition) is 1. The standard InChI is InChI=1S/C12H14O5/c1-16-11(14)7-10(13)8-4-3-5-9(6-8)12(15)17-2/h3-6,10,13H,7H2,1-2H3. The van der Waals surface area contributed by atoms with Crippen LogP contribution < -0.4 is 0 Å². The topological polar surface area (TPSA) is 72.8 Å². The van der Waals surface area contributed by atoms with Crippen LogP contribution in [0.5, 0.6) is 0 Å². The molecule has 1 unspecified atom stereocenters. The molecule has 0 heterocycles. The van der Waals surface area contributed by atoms with Crippen molar-refractivity contribution in [3.63, 3.8) is 0 Å². The highest BCUT2D eigenvalue weighted by Crippen LogP contribution is 2.18. The summed E-state index contributed by atoms with van der Waals surface area (Å²) in [6.45, 7) is 0. The first-order chi connectivity index (χ1) is 8.08. The van der Waals surface area contributed by atoms with Gasteiger partial charge >= 0.3 is 11.9 Å². The van der Waals surface area contributed by atoms with E-state index in [1.165, 1.54) is 20.3 Å². The maximum absolute atomic E-state index is 11.3. The first-order valence-electron chi connectivity index (χ1n) is 5.01. The molecule has 1 N–H and O–H groups in total. The Kier molecular flexibility index (Phi) is 4.66. The van der Waals surface area contributed by atoms with Gasteiger partial charge < -0.3 is 14.6 Å². The van der Waals surface area contributed by atoms with Crippen LogP contribution in [0.4, 0.5) is 0 Å². The van der Waals surface area contributed by atoms with Gasteiger partial charge in [-0.3, -0.25) is 4.79 Å². The van der Waals surface area contributed by atoms with Gasteiger partial charge in [-0.25, -0.2) is 4.79 Å². The molecule has 92 valence electrons. The van der Waals surface area contributed by atoms with E-state index in [-0.39, 0.29) is 6.42 Å². The minimum absolute atomic E-state index is 0.152. The number of esters is 2. The summed E-state index contributed by atoms with van der Waals surface area (Å²) in [5, 5.41) is 9.75. The van der Waals surface area contributed by atoms with Crippen LogP contribution >= 0.6 is 0 Å². The summed E-state index contributed by atoms with van der Waals surface area (Å²) in [6, 6.07) is 6.29. The lowest BCUT2D eigenvalue weighted by Crippen LogP contribution is -2.09. The molecule has 0 aromatic heterocycles. The number of ether oxygens (including phenoxy) is 2. The highest BCUT2D eigenvalue weighted by molar-refractivity contribution is 5.89. The lowest BCUT2D eigenvalue weighted by atomic mass is 10.0. The van der Waals surface area contributed by atoms with Gasteiger partial charge in [0.2, 0.25) is 0 Å². The number of aliphatic hydroxyl groups is 1. The first kappa shape index (κ1) is 13.2. The maximum atomic E-state index is 11.3. The fourth-order valence-electron chi connectivity index (χ4n) is 1.35. The van der Waals surface area contributed by atoms with Gasteiger partial charge in [0.05, 0.1) is 32.3 Å². The lowest BCUT2D eigenvalue weighted by Gasteiger charge is -2.10. The average Bonchev–Trinajstić information content (AvgIpc) is 2.37. The van der Waals surface area contributed by atoms with Gasteiger partial charge in [-0.2, -0.15) is 0 Å². The summed E-state index contributed by atoms with van der Waals surface area (Å²) in [5.41, 5.74) is 0.798. The van der Waals surface area contributed by atoms with Crippen LogP contribution in [-0.4, -0.2) is 31.3 Å². The largest absolute Gasteiger partial charge is 0.469 e. The third kappa shape index (κ3) is 3.57. The van der Waals surface area contributed by atoms with Crippen molar-refractivity contribution in [1.29, 1.82) is 0 Å². The second-order valence-corrected chi connectivity index (χ2v) is 3.41. The second kappa shape index (κ2) is 6.00. The smallest absolute Gasteiger partial charge is 0.337 e. The number of hydrogen-bond acceptors (Lipinski definition) is 5. The van der Waals surface area contributed by atoms with Crippen molar-refractivity contribution in [2.24, 2.45) is 0 Å². The molecule has 0 amide bonds. The fourth-order valence-corrected chi connectivity index (χ4v) is 1.35. The second-order valence-electron chi connectivity index (χ2n) is 3.41. The number of carbonyl (C=O) groups excluding carboxylic acids is 2. The van der Waals surface area contributed by atoms with Gasteiger partial charge in [0.25, 0.3) is 0 Å². The fraction of sp³-hybridized carbons (Fsp3) is 0.333. The zero-order valence-electron chi connectivity index (χ0n) is 9.67. The number of rotatable bonds is 4. The van der Waals surface area contributed by atoms with Gasteiger partial charge in [-0.05, 0) is 17.7 Å². The van der Waals surface area contributed by atoms with E-state index in [1.54, 1.807) is 18.2 Å². The van der Waals surface area contributed by atoms with Gasteiger partial charge in [0.1, 0.15) is 0 Å². The van der Waals surface area contributed by atoms with E-state index >= 15 is 0 Å². The highest BCUT2D eigenvalue weighted by atomic mass is 16.5. The van der Waals surface area contributed by atoms with Crippen molar-refractivity contribution in [3.05, 3.63) is 35.4 Å². The zero-order valence-corrected chi connectivity index (χ0v) is 9.67. The number of benzene rings is 1. The van der Waals surface area contributed by atoms with Crippen LogP contribution in [-0.2, 0) is 14.3 Å². The normalized spacial score (nSPS) is 11.7. The molecule has 0 spiro atoms. The van der Waals surface area contributed by atoms with Crippen LogP contribution in [0.15, 0.2) is 24.3 Å². The molecule has 1 atom stereocenters. The molecule has 1 rings (SSSR count). The van der Waals surface area contributed by atoms with E-state index in [0.29, 0.717) is 11.1 Å².